The van der Waals surface area contributed by atoms with Gasteiger partial charge in [-0.05, 0) is 88.8 Å². The number of aliphatic hydroxyl groups is 1. The molecule has 0 bridgehead atoms. The molecular weight excluding hydrogens is 656 g/mol. The van der Waals surface area contributed by atoms with Crippen LogP contribution in [0.1, 0.15) is 58.4 Å². The molecule has 3 heterocycles. The summed E-state index contributed by atoms with van der Waals surface area (Å²) in [5.74, 6) is -3.85. The van der Waals surface area contributed by atoms with Crippen molar-refractivity contribution in [3.05, 3.63) is 47.1 Å². The maximum Gasteiger partial charge on any atom is 0.407 e. The van der Waals surface area contributed by atoms with E-state index in [0.29, 0.717) is 31.4 Å². The lowest BCUT2D eigenvalue weighted by molar-refractivity contribution is -0.117. The lowest BCUT2D eigenvalue weighted by Crippen LogP contribution is -2.49. The van der Waals surface area contributed by atoms with Gasteiger partial charge in [0.25, 0.3) is 5.92 Å². The number of amides is 2. The SMILES string of the molecule is CC(C)(C)OC(=O)NC1CC(=O)N(c2ccc(S(=O)(=O)N3CCN(c4cc(C(F)(F)C5CCC(CO)CC5)cc(Cl)n4)CC3)cc2)C1. The fourth-order valence-corrected chi connectivity index (χ4v) is 8.04. The summed E-state index contributed by atoms with van der Waals surface area (Å²) < 4.78 is 64.7. The van der Waals surface area contributed by atoms with Crippen molar-refractivity contribution < 1.29 is 36.6 Å². The van der Waals surface area contributed by atoms with E-state index in [0.717, 1.165) is 0 Å². The molecule has 0 spiro atoms. The van der Waals surface area contributed by atoms with E-state index in [1.54, 1.807) is 37.8 Å². The number of alkyl halides is 2. The summed E-state index contributed by atoms with van der Waals surface area (Å²) in [5.41, 5.74) is -0.374. The van der Waals surface area contributed by atoms with Crippen LogP contribution in [-0.2, 0) is 25.5 Å². The van der Waals surface area contributed by atoms with E-state index in [4.69, 9.17) is 16.3 Å². The number of nitrogens with one attached hydrogen (secondary N) is 1. The molecular formula is C32H42ClF2N5O6S. The number of halogens is 3. The van der Waals surface area contributed by atoms with Crippen LogP contribution < -0.4 is 15.1 Å². The first-order chi connectivity index (χ1) is 22.1. The zero-order valence-electron chi connectivity index (χ0n) is 26.8. The van der Waals surface area contributed by atoms with Gasteiger partial charge in [0.15, 0.2) is 0 Å². The molecule has 15 heteroatoms. The Bertz CT molecular complexity index is 1560. The average molecular weight is 698 g/mol. The number of hydrogen-bond acceptors (Lipinski definition) is 8. The fourth-order valence-electron chi connectivity index (χ4n) is 6.41. The topological polar surface area (TPSA) is 132 Å². The van der Waals surface area contributed by atoms with Crippen molar-refractivity contribution in [2.75, 3.05) is 49.1 Å². The van der Waals surface area contributed by atoms with Crippen LogP contribution in [0.4, 0.5) is 25.1 Å². The molecule has 1 saturated carbocycles. The number of alkyl carbamates (subject to hydrolysis) is 1. The molecule has 47 heavy (non-hydrogen) atoms. The van der Waals surface area contributed by atoms with Crippen LogP contribution in [-0.4, -0.2) is 85.8 Å². The molecule has 258 valence electrons. The number of pyridine rings is 1. The molecule has 1 atom stereocenters. The zero-order chi connectivity index (χ0) is 34.1. The second kappa shape index (κ2) is 13.8. The van der Waals surface area contributed by atoms with E-state index >= 15 is 8.78 Å². The van der Waals surface area contributed by atoms with E-state index in [1.165, 1.54) is 33.5 Å². The van der Waals surface area contributed by atoms with Crippen LogP contribution in [0.2, 0.25) is 5.15 Å². The van der Waals surface area contributed by atoms with Crippen LogP contribution in [0.3, 0.4) is 0 Å². The van der Waals surface area contributed by atoms with Crippen LogP contribution in [0.15, 0.2) is 41.3 Å². The Morgan fingerprint density at radius 2 is 1.70 bits per heavy atom. The number of hydrogen-bond donors (Lipinski definition) is 2. The first kappa shape index (κ1) is 35.2. The minimum absolute atomic E-state index is 0.00711. The molecule has 2 amide bonds. The quantitative estimate of drug-likeness (QED) is 0.378. The normalized spacial score (nSPS) is 23.2. The van der Waals surface area contributed by atoms with Gasteiger partial charge in [-0.3, -0.25) is 4.79 Å². The summed E-state index contributed by atoms with van der Waals surface area (Å²) >= 11 is 6.20. The highest BCUT2D eigenvalue weighted by atomic mass is 35.5. The van der Waals surface area contributed by atoms with Gasteiger partial charge in [0, 0.05) is 62.9 Å². The molecule has 3 aliphatic rings. The van der Waals surface area contributed by atoms with Crippen molar-refractivity contribution in [2.45, 2.75) is 75.3 Å². The number of ether oxygens (including phenoxy) is 1. The molecule has 2 aliphatic heterocycles. The van der Waals surface area contributed by atoms with Gasteiger partial charge >= 0.3 is 6.09 Å². The lowest BCUT2D eigenvalue weighted by atomic mass is 9.77. The Morgan fingerprint density at radius 1 is 1.06 bits per heavy atom. The highest BCUT2D eigenvalue weighted by molar-refractivity contribution is 7.89. The molecule has 1 aliphatic carbocycles. The average Bonchev–Trinajstić information content (AvgIpc) is 3.39. The number of anilines is 2. The maximum absolute atomic E-state index is 15.6. The van der Waals surface area contributed by atoms with Gasteiger partial charge in [-0.2, -0.15) is 4.31 Å². The minimum atomic E-state index is -3.88. The molecule has 1 unspecified atom stereocenters. The number of benzene rings is 1. The van der Waals surface area contributed by atoms with Gasteiger partial charge in [-0.25, -0.2) is 27.0 Å². The highest BCUT2D eigenvalue weighted by Gasteiger charge is 2.44. The van der Waals surface area contributed by atoms with Gasteiger partial charge < -0.3 is 25.0 Å². The third-order valence-corrected chi connectivity index (χ3v) is 11.1. The van der Waals surface area contributed by atoms with E-state index < -0.39 is 39.6 Å². The molecule has 11 nitrogen and oxygen atoms in total. The fraction of sp³-hybridized carbons (Fsp3) is 0.594. The van der Waals surface area contributed by atoms with Crippen molar-refractivity contribution in [1.29, 1.82) is 0 Å². The van der Waals surface area contributed by atoms with E-state index in [1.807, 2.05) is 0 Å². The summed E-state index contributed by atoms with van der Waals surface area (Å²) in [6.07, 6.45) is 1.20. The van der Waals surface area contributed by atoms with Crippen molar-refractivity contribution >= 4 is 45.1 Å². The van der Waals surface area contributed by atoms with Crippen molar-refractivity contribution in [3.63, 3.8) is 0 Å². The number of nitrogens with zero attached hydrogens (tertiary/aromatic N) is 4. The minimum Gasteiger partial charge on any atom is -0.444 e. The van der Waals surface area contributed by atoms with Gasteiger partial charge in [-0.1, -0.05) is 11.6 Å². The number of aromatic nitrogens is 1. The van der Waals surface area contributed by atoms with Crippen LogP contribution in [0.5, 0.6) is 0 Å². The lowest BCUT2D eigenvalue weighted by Gasteiger charge is -2.36. The molecule has 2 saturated heterocycles. The monoisotopic (exact) mass is 697 g/mol. The van der Waals surface area contributed by atoms with Crippen molar-refractivity contribution in [1.82, 2.24) is 14.6 Å². The first-order valence-electron chi connectivity index (χ1n) is 15.9. The van der Waals surface area contributed by atoms with Crippen LogP contribution in [0.25, 0.3) is 0 Å². The van der Waals surface area contributed by atoms with Crippen LogP contribution >= 0.6 is 11.6 Å². The van der Waals surface area contributed by atoms with E-state index in [9.17, 15) is 23.1 Å². The molecule has 2 aromatic rings. The van der Waals surface area contributed by atoms with Crippen LogP contribution in [0, 0.1) is 11.8 Å². The van der Waals surface area contributed by atoms with Gasteiger partial charge in [0.1, 0.15) is 16.6 Å². The number of sulfonamides is 1. The molecule has 1 aromatic carbocycles. The predicted molar refractivity (Wildman–Crippen MR) is 173 cm³/mol. The van der Waals surface area contributed by atoms with Crippen molar-refractivity contribution in [2.24, 2.45) is 11.8 Å². The van der Waals surface area contributed by atoms with Gasteiger partial charge in [0.05, 0.1) is 10.9 Å². The number of carbonyl (C=O) groups excluding carboxylic acids is 2. The maximum atomic E-state index is 15.6. The number of aliphatic hydroxyl groups excluding tert-OH is 1. The number of piperazine rings is 1. The molecule has 3 fully saturated rings. The Morgan fingerprint density at radius 3 is 2.30 bits per heavy atom. The zero-order valence-corrected chi connectivity index (χ0v) is 28.4. The van der Waals surface area contributed by atoms with Gasteiger partial charge in [-0.15, -0.1) is 0 Å². The third-order valence-electron chi connectivity index (χ3n) is 8.98. The summed E-state index contributed by atoms with van der Waals surface area (Å²) in [4.78, 5) is 32.4. The first-order valence-corrected chi connectivity index (χ1v) is 17.7. The smallest absolute Gasteiger partial charge is 0.407 e. The summed E-state index contributed by atoms with van der Waals surface area (Å²) in [5, 5.41) is 12.0. The predicted octanol–water partition coefficient (Wildman–Crippen LogP) is 4.77. The summed E-state index contributed by atoms with van der Waals surface area (Å²) in [7, 11) is -3.88. The Kier molecular flexibility index (Phi) is 10.4. The highest BCUT2D eigenvalue weighted by Crippen LogP contribution is 2.46. The molecule has 1 aromatic heterocycles. The Labute approximate surface area is 279 Å². The van der Waals surface area contributed by atoms with E-state index in [-0.39, 0.29) is 79.0 Å². The summed E-state index contributed by atoms with van der Waals surface area (Å²) in [6, 6.07) is 8.11. The summed E-state index contributed by atoms with van der Waals surface area (Å²) in [6.45, 7) is 6.15. The molecule has 5 rings (SSSR count). The second-order valence-corrected chi connectivity index (χ2v) is 15.8. The molecule has 0 radical (unpaired) electrons. The standard InChI is InChI=1S/C32H42ClF2N5O6S/c1-31(2,3)46-30(43)36-24-18-29(42)40(19-24)25-8-10-26(11-9-25)47(44,45)39-14-12-38(13-15-39)28-17-23(16-27(33)37-28)32(34,35)22-6-4-21(20-41)5-7-22/h8-11,16-17,21-22,24,41H,4-7,12-15,18-20H2,1-3H3,(H,36,43). The van der Waals surface area contributed by atoms with E-state index in [2.05, 4.69) is 10.3 Å². The Balaban J connectivity index is 1.20. The molecule has 2 N–H and O–H groups in total. The van der Waals surface area contributed by atoms with Crippen molar-refractivity contribution in [3.8, 4) is 0 Å². The number of carbonyl (C=O) groups is 2. The number of rotatable bonds is 8. The van der Waals surface area contributed by atoms with Gasteiger partial charge in [0.2, 0.25) is 15.9 Å². The Hall–Kier alpha value is -3.07. The third kappa shape index (κ3) is 8.15. The second-order valence-electron chi connectivity index (χ2n) is 13.5. The largest absolute Gasteiger partial charge is 0.444 e.